The number of aromatic amines is 1. The average Bonchev–Trinajstić information content (AvgIpc) is 2.57. The van der Waals surface area contributed by atoms with Gasteiger partial charge in [0.15, 0.2) is 3.95 Å². The molecule has 0 atom stereocenters. The minimum atomic E-state index is -0.0945. The van der Waals surface area contributed by atoms with Gasteiger partial charge in [0.05, 0.1) is 6.42 Å². The molecule has 0 aliphatic carbocycles. The zero-order valence-electron chi connectivity index (χ0n) is 10.8. The van der Waals surface area contributed by atoms with E-state index in [9.17, 15) is 4.79 Å². The van der Waals surface area contributed by atoms with E-state index in [4.69, 9.17) is 12.2 Å². The lowest BCUT2D eigenvalue weighted by atomic mass is 9.95. The van der Waals surface area contributed by atoms with Crippen molar-refractivity contribution >= 4 is 29.5 Å². The molecule has 1 aromatic rings. The standard InChI is InChI=1S/C12H20N2OS2/c1-5-12(4,6-2)14-10(15)7-9-8(3)13-11(16)17-9/h5-7H2,1-4H3,(H,13,16)(H,14,15). The van der Waals surface area contributed by atoms with Crippen LogP contribution in [-0.2, 0) is 11.2 Å². The second-order valence-corrected chi connectivity index (χ2v) is 6.33. The van der Waals surface area contributed by atoms with Gasteiger partial charge in [-0.15, -0.1) is 11.3 Å². The smallest absolute Gasteiger partial charge is 0.225 e. The molecular weight excluding hydrogens is 252 g/mol. The predicted molar refractivity (Wildman–Crippen MR) is 75.1 cm³/mol. The largest absolute Gasteiger partial charge is 0.351 e. The molecular formula is C12H20N2OS2. The molecule has 2 N–H and O–H groups in total. The second kappa shape index (κ2) is 5.78. The van der Waals surface area contributed by atoms with Gasteiger partial charge in [0.2, 0.25) is 5.91 Å². The van der Waals surface area contributed by atoms with Crippen LogP contribution in [-0.4, -0.2) is 16.4 Å². The van der Waals surface area contributed by atoms with E-state index < -0.39 is 0 Å². The molecule has 0 aliphatic rings. The Morgan fingerprint density at radius 3 is 2.47 bits per heavy atom. The van der Waals surface area contributed by atoms with Crippen molar-refractivity contribution in [2.24, 2.45) is 0 Å². The summed E-state index contributed by atoms with van der Waals surface area (Å²) in [7, 11) is 0. The van der Waals surface area contributed by atoms with Crippen LogP contribution in [0, 0.1) is 10.9 Å². The van der Waals surface area contributed by atoms with Crippen LogP contribution in [0.1, 0.15) is 44.2 Å². The molecule has 0 bridgehead atoms. The molecule has 0 radical (unpaired) electrons. The fraction of sp³-hybridized carbons (Fsp3) is 0.667. The maximum absolute atomic E-state index is 12.0. The Balaban J connectivity index is 2.67. The predicted octanol–water partition coefficient (Wildman–Crippen LogP) is 3.35. The van der Waals surface area contributed by atoms with Gasteiger partial charge in [-0.25, -0.2) is 0 Å². The van der Waals surface area contributed by atoms with Gasteiger partial charge in [-0.2, -0.15) is 0 Å². The van der Waals surface area contributed by atoms with Crippen molar-refractivity contribution in [3.63, 3.8) is 0 Å². The normalized spacial score (nSPS) is 11.5. The highest BCUT2D eigenvalue weighted by Crippen LogP contribution is 2.17. The fourth-order valence-corrected chi connectivity index (χ4v) is 2.85. The highest BCUT2D eigenvalue weighted by Gasteiger charge is 2.22. The van der Waals surface area contributed by atoms with Crippen molar-refractivity contribution in [3.8, 4) is 0 Å². The van der Waals surface area contributed by atoms with Gasteiger partial charge in [0.1, 0.15) is 0 Å². The number of nitrogens with one attached hydrogen (secondary N) is 2. The molecule has 1 aromatic heterocycles. The molecule has 0 aromatic carbocycles. The number of carbonyl (C=O) groups excluding carboxylic acids is 1. The molecule has 5 heteroatoms. The van der Waals surface area contributed by atoms with Crippen LogP contribution in [0.4, 0.5) is 0 Å². The number of H-pyrrole nitrogens is 1. The van der Waals surface area contributed by atoms with E-state index in [1.54, 1.807) is 0 Å². The Kier molecular flexibility index (Phi) is 4.89. The molecule has 0 aliphatic heterocycles. The van der Waals surface area contributed by atoms with Gasteiger partial charge in [0.25, 0.3) is 0 Å². The van der Waals surface area contributed by atoms with Gasteiger partial charge >= 0.3 is 0 Å². The van der Waals surface area contributed by atoms with Gasteiger partial charge in [0, 0.05) is 16.1 Å². The Hall–Kier alpha value is -0.680. The second-order valence-electron chi connectivity index (χ2n) is 4.56. The zero-order valence-corrected chi connectivity index (χ0v) is 12.5. The summed E-state index contributed by atoms with van der Waals surface area (Å²) in [5.41, 5.74) is 0.910. The number of carbonyl (C=O) groups is 1. The van der Waals surface area contributed by atoms with E-state index in [-0.39, 0.29) is 11.4 Å². The summed E-state index contributed by atoms with van der Waals surface area (Å²) in [5.74, 6) is 0.0737. The monoisotopic (exact) mass is 272 g/mol. The molecule has 1 amide bonds. The molecule has 96 valence electrons. The Morgan fingerprint density at radius 1 is 1.47 bits per heavy atom. The van der Waals surface area contributed by atoms with Crippen LogP contribution in [0.15, 0.2) is 0 Å². The van der Waals surface area contributed by atoms with Gasteiger partial charge in [-0.3, -0.25) is 4.79 Å². The third-order valence-electron chi connectivity index (χ3n) is 3.25. The van der Waals surface area contributed by atoms with Crippen LogP contribution in [0.25, 0.3) is 0 Å². The minimum Gasteiger partial charge on any atom is -0.351 e. The van der Waals surface area contributed by atoms with Crippen molar-refractivity contribution in [1.82, 2.24) is 10.3 Å². The van der Waals surface area contributed by atoms with E-state index in [2.05, 4.69) is 31.1 Å². The first-order valence-electron chi connectivity index (χ1n) is 5.89. The number of aryl methyl sites for hydroxylation is 1. The van der Waals surface area contributed by atoms with E-state index in [0.29, 0.717) is 6.42 Å². The number of rotatable bonds is 5. The SMILES string of the molecule is CCC(C)(CC)NC(=O)Cc1sc(=S)[nH]c1C. The van der Waals surface area contributed by atoms with Gasteiger partial charge < -0.3 is 10.3 Å². The summed E-state index contributed by atoms with van der Waals surface area (Å²) in [5, 5.41) is 3.10. The molecule has 1 heterocycles. The number of aromatic nitrogens is 1. The molecule has 1 rings (SSSR count). The molecule has 0 saturated carbocycles. The summed E-state index contributed by atoms with van der Waals surface area (Å²) in [6.07, 6.45) is 2.30. The van der Waals surface area contributed by atoms with Crippen molar-refractivity contribution in [2.75, 3.05) is 0 Å². The molecule has 3 nitrogen and oxygen atoms in total. The quantitative estimate of drug-likeness (QED) is 0.807. The maximum Gasteiger partial charge on any atom is 0.225 e. The van der Waals surface area contributed by atoms with Crippen molar-refractivity contribution < 1.29 is 4.79 Å². The molecule has 0 saturated heterocycles. The fourth-order valence-electron chi connectivity index (χ4n) is 1.56. The lowest BCUT2D eigenvalue weighted by Crippen LogP contribution is -2.45. The zero-order chi connectivity index (χ0) is 13.1. The average molecular weight is 272 g/mol. The van der Waals surface area contributed by atoms with Crippen LogP contribution in [0.3, 0.4) is 0 Å². The minimum absolute atomic E-state index is 0.0737. The first kappa shape index (κ1) is 14.4. The van der Waals surface area contributed by atoms with Crippen molar-refractivity contribution in [3.05, 3.63) is 14.5 Å². The summed E-state index contributed by atoms with van der Waals surface area (Å²) in [4.78, 5) is 16.0. The van der Waals surface area contributed by atoms with Crippen LogP contribution >= 0.6 is 23.6 Å². The van der Waals surface area contributed by atoms with Gasteiger partial charge in [-0.1, -0.05) is 13.8 Å². The van der Waals surface area contributed by atoms with Crippen LogP contribution in [0.5, 0.6) is 0 Å². The maximum atomic E-state index is 12.0. The number of hydrogen-bond donors (Lipinski definition) is 2. The van der Waals surface area contributed by atoms with E-state index >= 15 is 0 Å². The van der Waals surface area contributed by atoms with Crippen molar-refractivity contribution in [1.29, 1.82) is 0 Å². The number of thiazole rings is 1. The third-order valence-corrected chi connectivity index (χ3v) is 4.58. The summed E-state index contributed by atoms with van der Waals surface area (Å²) in [6, 6.07) is 0. The molecule has 17 heavy (non-hydrogen) atoms. The Morgan fingerprint density at radius 2 is 2.06 bits per heavy atom. The lowest BCUT2D eigenvalue weighted by Gasteiger charge is -2.28. The molecule has 0 spiro atoms. The topological polar surface area (TPSA) is 44.9 Å². The van der Waals surface area contributed by atoms with Crippen LogP contribution < -0.4 is 5.32 Å². The first-order valence-corrected chi connectivity index (χ1v) is 7.12. The number of amides is 1. The van der Waals surface area contributed by atoms with E-state index in [1.807, 2.05) is 6.92 Å². The summed E-state index contributed by atoms with van der Waals surface area (Å²) in [6.45, 7) is 8.22. The highest BCUT2D eigenvalue weighted by atomic mass is 32.1. The Labute approximate surface area is 112 Å². The van der Waals surface area contributed by atoms with Crippen LogP contribution in [0.2, 0.25) is 0 Å². The first-order chi connectivity index (χ1) is 7.90. The summed E-state index contributed by atoms with van der Waals surface area (Å²) < 4.78 is 0.735. The third kappa shape index (κ3) is 3.92. The lowest BCUT2D eigenvalue weighted by molar-refractivity contribution is -0.122. The van der Waals surface area contributed by atoms with E-state index in [0.717, 1.165) is 27.4 Å². The van der Waals surface area contributed by atoms with Gasteiger partial charge in [-0.05, 0) is 38.9 Å². The molecule has 0 unspecified atom stereocenters. The summed E-state index contributed by atoms with van der Waals surface area (Å²) >= 11 is 6.54. The molecule has 0 fully saturated rings. The van der Waals surface area contributed by atoms with E-state index in [1.165, 1.54) is 11.3 Å². The highest BCUT2D eigenvalue weighted by molar-refractivity contribution is 7.73. The van der Waals surface area contributed by atoms with Crippen molar-refractivity contribution in [2.45, 2.75) is 52.5 Å². The Bertz CT molecular complexity index is 444. The number of hydrogen-bond acceptors (Lipinski definition) is 3.